The summed E-state index contributed by atoms with van der Waals surface area (Å²) in [5.74, 6) is 0. The molecule has 5 rings (SSSR count). The van der Waals surface area contributed by atoms with Gasteiger partial charge in [-0.05, 0) is 55.9 Å². The van der Waals surface area contributed by atoms with E-state index in [0.717, 1.165) is 66.4 Å². The van der Waals surface area contributed by atoms with Crippen LogP contribution in [0.1, 0.15) is 5.56 Å². The number of fused-ring (bicyclic) bond motifs is 3. The molecule has 1 aromatic heterocycles. The van der Waals surface area contributed by atoms with E-state index < -0.39 is 0 Å². The Balaban J connectivity index is 1.50. The van der Waals surface area contributed by atoms with Gasteiger partial charge in [-0.15, -0.1) is 4.73 Å². The summed E-state index contributed by atoms with van der Waals surface area (Å²) in [6.07, 6.45) is 2.54. The van der Waals surface area contributed by atoms with Gasteiger partial charge in [-0.25, -0.2) is 9.98 Å². The summed E-state index contributed by atoms with van der Waals surface area (Å²) in [5, 5.41) is 15.0. The van der Waals surface area contributed by atoms with Crippen molar-refractivity contribution in [3.8, 4) is 11.3 Å². The van der Waals surface area contributed by atoms with Gasteiger partial charge in [0.1, 0.15) is 0 Å². The monoisotopic (exact) mass is 436 g/mol. The second-order valence-corrected chi connectivity index (χ2v) is 8.47. The topological polar surface area (TPSA) is 68.9 Å². The van der Waals surface area contributed by atoms with Crippen LogP contribution in [0.5, 0.6) is 0 Å². The molecule has 0 spiro atoms. The summed E-state index contributed by atoms with van der Waals surface area (Å²) >= 11 is 6.17. The number of aromatic nitrogens is 2. The average Bonchev–Trinajstić information content (AvgIpc) is 2.96. The molecule has 1 fully saturated rings. The maximum atomic E-state index is 11.0. The van der Waals surface area contributed by atoms with E-state index in [9.17, 15) is 5.21 Å². The smallest absolute Gasteiger partial charge is 0.264 e. The number of benzene rings is 2. The maximum absolute atomic E-state index is 11.0. The van der Waals surface area contributed by atoms with E-state index in [1.807, 2.05) is 30.3 Å². The van der Waals surface area contributed by atoms with Crippen LogP contribution >= 0.6 is 11.6 Å². The lowest BCUT2D eigenvalue weighted by atomic mass is 10.1. The largest absolute Gasteiger partial charge is 0.425 e. The predicted molar refractivity (Wildman–Crippen MR) is 123 cm³/mol. The van der Waals surface area contributed by atoms with E-state index >= 15 is 0 Å². The number of nitrogens with one attached hydrogen (secondary N) is 1. The molecule has 0 amide bonds. The lowest BCUT2D eigenvalue weighted by Gasteiger charge is -2.34. The summed E-state index contributed by atoms with van der Waals surface area (Å²) in [6, 6.07) is 13.7. The first-order chi connectivity index (χ1) is 15.1. The molecule has 0 unspecified atom stereocenters. The number of likely N-dealkylation sites (N-methyl/N-ethyl adjacent to an activating group) is 1. The molecule has 0 bridgehead atoms. The Morgan fingerprint density at radius 3 is 2.61 bits per heavy atom. The fourth-order valence-corrected chi connectivity index (χ4v) is 4.33. The highest BCUT2D eigenvalue weighted by Crippen LogP contribution is 2.34. The summed E-state index contributed by atoms with van der Waals surface area (Å²) in [4.78, 5) is 13.7. The van der Waals surface area contributed by atoms with Gasteiger partial charge in [-0.2, -0.15) is 0 Å². The second-order valence-electron chi connectivity index (χ2n) is 8.03. The van der Waals surface area contributed by atoms with Gasteiger partial charge in [0.2, 0.25) is 0 Å². The lowest BCUT2D eigenvalue weighted by molar-refractivity contribution is 0.171. The fraction of sp³-hybridized carbons (Fsp3) is 0.304. The van der Waals surface area contributed by atoms with Crippen molar-refractivity contribution in [3.05, 3.63) is 64.9 Å². The van der Waals surface area contributed by atoms with E-state index in [1.54, 1.807) is 6.20 Å². The summed E-state index contributed by atoms with van der Waals surface area (Å²) < 4.78 is 1.09. The van der Waals surface area contributed by atoms with Gasteiger partial charge in [0.05, 0.1) is 11.4 Å². The third kappa shape index (κ3) is 3.98. The van der Waals surface area contributed by atoms with Gasteiger partial charge >= 0.3 is 0 Å². The van der Waals surface area contributed by atoms with Crippen LogP contribution in [-0.4, -0.2) is 59.6 Å². The number of hydrogen-bond donors (Lipinski definition) is 2. The SMILES string of the molecule is CN1CCN(c2ccc(N=c3ncc4c(n3O)-c3ccc(Cl)cc3NCC4)cc2)CC1. The number of halogens is 1. The fourth-order valence-electron chi connectivity index (χ4n) is 4.15. The predicted octanol–water partition coefficient (Wildman–Crippen LogP) is 3.39. The van der Waals surface area contributed by atoms with Crippen LogP contribution in [-0.2, 0) is 6.42 Å². The molecule has 3 aromatic rings. The number of piperazine rings is 1. The average molecular weight is 437 g/mol. The minimum Gasteiger partial charge on any atom is -0.425 e. The Morgan fingerprint density at radius 2 is 1.84 bits per heavy atom. The molecule has 160 valence electrons. The molecule has 3 heterocycles. The third-order valence-electron chi connectivity index (χ3n) is 5.94. The number of rotatable bonds is 2. The molecular weight excluding hydrogens is 412 g/mol. The van der Waals surface area contributed by atoms with Crippen molar-refractivity contribution in [1.29, 1.82) is 0 Å². The number of anilines is 2. The van der Waals surface area contributed by atoms with E-state index in [4.69, 9.17) is 11.6 Å². The van der Waals surface area contributed by atoms with E-state index in [0.29, 0.717) is 10.7 Å². The zero-order valence-corrected chi connectivity index (χ0v) is 18.2. The summed E-state index contributed by atoms with van der Waals surface area (Å²) in [5.41, 5.74) is 5.60. The van der Waals surface area contributed by atoms with Crippen LogP contribution in [0, 0.1) is 0 Å². The first-order valence-electron chi connectivity index (χ1n) is 10.5. The van der Waals surface area contributed by atoms with Crippen LogP contribution in [0.2, 0.25) is 5.02 Å². The maximum Gasteiger partial charge on any atom is 0.264 e. The highest BCUT2D eigenvalue weighted by molar-refractivity contribution is 6.31. The van der Waals surface area contributed by atoms with Crippen LogP contribution in [0.25, 0.3) is 11.3 Å². The van der Waals surface area contributed by atoms with Crippen molar-refractivity contribution in [1.82, 2.24) is 14.6 Å². The van der Waals surface area contributed by atoms with Crippen molar-refractivity contribution in [2.75, 3.05) is 50.0 Å². The van der Waals surface area contributed by atoms with Crippen molar-refractivity contribution >= 4 is 28.7 Å². The zero-order valence-electron chi connectivity index (χ0n) is 17.4. The van der Waals surface area contributed by atoms with E-state index in [-0.39, 0.29) is 5.62 Å². The highest BCUT2D eigenvalue weighted by atomic mass is 35.5. The van der Waals surface area contributed by atoms with E-state index in [2.05, 4.69) is 44.3 Å². The van der Waals surface area contributed by atoms with Gasteiger partial charge in [-0.3, -0.25) is 0 Å². The van der Waals surface area contributed by atoms with Gasteiger partial charge in [0.15, 0.2) is 0 Å². The van der Waals surface area contributed by atoms with Crippen molar-refractivity contribution in [2.24, 2.45) is 4.99 Å². The Morgan fingerprint density at radius 1 is 1.06 bits per heavy atom. The lowest BCUT2D eigenvalue weighted by Crippen LogP contribution is -2.44. The highest BCUT2D eigenvalue weighted by Gasteiger charge is 2.19. The van der Waals surface area contributed by atoms with Crippen molar-refractivity contribution < 1.29 is 5.21 Å². The molecule has 2 aliphatic rings. The van der Waals surface area contributed by atoms with Crippen molar-refractivity contribution in [3.63, 3.8) is 0 Å². The van der Waals surface area contributed by atoms with Crippen LogP contribution in [0.4, 0.5) is 17.1 Å². The minimum absolute atomic E-state index is 0.244. The Labute approximate surface area is 186 Å². The number of nitrogens with zero attached hydrogens (tertiary/aromatic N) is 5. The molecule has 2 N–H and O–H groups in total. The minimum atomic E-state index is 0.244. The van der Waals surface area contributed by atoms with Gasteiger partial charge in [0.25, 0.3) is 5.62 Å². The van der Waals surface area contributed by atoms with Crippen LogP contribution in [0.3, 0.4) is 0 Å². The molecule has 1 saturated heterocycles. The first kappa shape index (κ1) is 19.9. The summed E-state index contributed by atoms with van der Waals surface area (Å²) in [7, 11) is 2.15. The van der Waals surface area contributed by atoms with Gasteiger partial charge in [0, 0.05) is 66.4 Å². The normalized spacial score (nSPS) is 17.0. The molecule has 0 saturated carbocycles. The first-order valence-corrected chi connectivity index (χ1v) is 10.9. The van der Waals surface area contributed by atoms with E-state index in [1.165, 1.54) is 5.69 Å². The molecular formula is C23H25ClN6O. The molecule has 0 atom stereocenters. The Bertz CT molecular complexity index is 1170. The zero-order chi connectivity index (χ0) is 21.4. The molecule has 8 heteroatoms. The Kier molecular flexibility index (Phi) is 5.29. The quantitative estimate of drug-likeness (QED) is 0.603. The third-order valence-corrected chi connectivity index (χ3v) is 6.17. The number of hydrogen-bond acceptors (Lipinski definition) is 6. The van der Waals surface area contributed by atoms with Crippen molar-refractivity contribution in [2.45, 2.75) is 6.42 Å². The Hall–Kier alpha value is -3.03. The van der Waals surface area contributed by atoms with Crippen LogP contribution in [0.15, 0.2) is 53.7 Å². The second kappa shape index (κ2) is 8.24. The molecule has 7 nitrogen and oxygen atoms in total. The van der Waals surface area contributed by atoms with Gasteiger partial charge in [-0.1, -0.05) is 11.6 Å². The molecule has 31 heavy (non-hydrogen) atoms. The summed E-state index contributed by atoms with van der Waals surface area (Å²) in [6.45, 7) is 4.92. The molecule has 0 aliphatic carbocycles. The standard InChI is InChI=1S/C23H25ClN6O/c1-28-10-12-29(13-11-28)19-5-3-18(4-6-19)27-23-26-15-16-8-9-25-21-14-17(24)2-7-20(21)22(16)30(23)31/h2-7,14-15,25,31H,8-13H2,1H3. The van der Waals surface area contributed by atoms with Gasteiger partial charge < -0.3 is 20.3 Å². The molecule has 2 aliphatic heterocycles. The van der Waals surface area contributed by atoms with Crippen LogP contribution < -0.4 is 15.8 Å². The molecule has 2 aromatic carbocycles. The molecule has 0 radical (unpaired) electrons.